The number of nitrogens with one attached hydrogen (secondary N) is 1. The van der Waals surface area contributed by atoms with Gasteiger partial charge in [0.05, 0.1) is 0 Å². The van der Waals surface area contributed by atoms with Crippen molar-refractivity contribution in [3.8, 4) is 5.75 Å². The molecule has 0 spiro atoms. The summed E-state index contributed by atoms with van der Waals surface area (Å²) in [6, 6.07) is 6.41. The number of benzene rings is 1. The van der Waals surface area contributed by atoms with E-state index in [-0.39, 0.29) is 11.8 Å². The standard InChI is InChI=1S/C15H20F3NO/c1-2-8-19-14(9-11-6-7-11)12-4-3-5-13(10-12)20-15(16,17)18/h3-5,10-11,14,19H,2,6-9H2,1H3. The van der Waals surface area contributed by atoms with Crippen LogP contribution in [0.25, 0.3) is 0 Å². The number of halogens is 3. The van der Waals surface area contributed by atoms with Gasteiger partial charge in [-0.05, 0) is 43.0 Å². The summed E-state index contributed by atoms with van der Waals surface area (Å²) in [5.41, 5.74) is 0.868. The van der Waals surface area contributed by atoms with Crippen molar-refractivity contribution in [3.05, 3.63) is 29.8 Å². The molecule has 0 saturated heterocycles. The Kier molecular flexibility index (Phi) is 4.91. The first-order chi connectivity index (χ1) is 9.48. The number of hydrogen-bond donors (Lipinski definition) is 1. The summed E-state index contributed by atoms with van der Waals surface area (Å²) in [7, 11) is 0. The van der Waals surface area contributed by atoms with Crippen LogP contribution in [0, 0.1) is 5.92 Å². The molecule has 112 valence electrons. The van der Waals surface area contributed by atoms with Gasteiger partial charge in [-0.1, -0.05) is 31.9 Å². The van der Waals surface area contributed by atoms with E-state index in [1.54, 1.807) is 6.07 Å². The quantitative estimate of drug-likeness (QED) is 0.801. The molecule has 1 N–H and O–H groups in total. The minimum absolute atomic E-state index is 0.110. The molecule has 0 aromatic heterocycles. The van der Waals surface area contributed by atoms with Crippen molar-refractivity contribution in [2.45, 2.75) is 45.0 Å². The van der Waals surface area contributed by atoms with Gasteiger partial charge < -0.3 is 10.1 Å². The highest BCUT2D eigenvalue weighted by Gasteiger charge is 2.31. The van der Waals surface area contributed by atoms with Crippen molar-refractivity contribution in [3.63, 3.8) is 0 Å². The van der Waals surface area contributed by atoms with Crippen LogP contribution in [0.15, 0.2) is 24.3 Å². The van der Waals surface area contributed by atoms with Crippen LogP contribution in [-0.4, -0.2) is 12.9 Å². The first kappa shape index (κ1) is 15.2. The van der Waals surface area contributed by atoms with Gasteiger partial charge in [0.2, 0.25) is 0 Å². The van der Waals surface area contributed by atoms with Crippen molar-refractivity contribution >= 4 is 0 Å². The van der Waals surface area contributed by atoms with E-state index >= 15 is 0 Å². The van der Waals surface area contributed by atoms with E-state index in [1.165, 1.54) is 25.0 Å². The molecule has 0 bridgehead atoms. The zero-order chi connectivity index (χ0) is 14.6. The van der Waals surface area contributed by atoms with E-state index in [0.29, 0.717) is 5.92 Å². The molecule has 20 heavy (non-hydrogen) atoms. The summed E-state index contributed by atoms with van der Waals surface area (Å²) in [5, 5.41) is 3.41. The van der Waals surface area contributed by atoms with Crippen LogP contribution in [0.5, 0.6) is 5.75 Å². The third-order valence-electron chi connectivity index (χ3n) is 3.40. The predicted octanol–water partition coefficient (Wildman–Crippen LogP) is 4.43. The molecule has 2 nitrogen and oxygen atoms in total. The van der Waals surface area contributed by atoms with E-state index in [0.717, 1.165) is 24.9 Å². The van der Waals surface area contributed by atoms with Crippen molar-refractivity contribution in [1.82, 2.24) is 5.32 Å². The minimum Gasteiger partial charge on any atom is -0.406 e. The van der Waals surface area contributed by atoms with Gasteiger partial charge in [0.15, 0.2) is 0 Å². The summed E-state index contributed by atoms with van der Waals surface area (Å²) in [6.45, 7) is 2.94. The van der Waals surface area contributed by atoms with Crippen molar-refractivity contribution in [1.29, 1.82) is 0 Å². The van der Waals surface area contributed by atoms with Crippen LogP contribution in [-0.2, 0) is 0 Å². The molecule has 0 amide bonds. The highest BCUT2D eigenvalue weighted by Crippen LogP contribution is 2.38. The van der Waals surface area contributed by atoms with E-state index in [4.69, 9.17) is 0 Å². The molecule has 1 fully saturated rings. The molecule has 1 aromatic rings. The number of ether oxygens (including phenoxy) is 1. The van der Waals surface area contributed by atoms with Crippen LogP contribution in [0.4, 0.5) is 13.2 Å². The Bertz CT molecular complexity index is 429. The highest BCUT2D eigenvalue weighted by atomic mass is 19.4. The lowest BCUT2D eigenvalue weighted by Crippen LogP contribution is -2.23. The van der Waals surface area contributed by atoms with Crippen LogP contribution >= 0.6 is 0 Å². The van der Waals surface area contributed by atoms with E-state index < -0.39 is 6.36 Å². The Morgan fingerprint density at radius 1 is 1.35 bits per heavy atom. The van der Waals surface area contributed by atoms with Crippen LogP contribution in [0.1, 0.15) is 44.2 Å². The third kappa shape index (κ3) is 5.04. The first-order valence-electron chi connectivity index (χ1n) is 7.07. The van der Waals surface area contributed by atoms with Gasteiger partial charge in [-0.15, -0.1) is 13.2 Å². The Morgan fingerprint density at radius 3 is 2.70 bits per heavy atom. The molecule has 1 saturated carbocycles. The van der Waals surface area contributed by atoms with Crippen LogP contribution in [0.2, 0.25) is 0 Å². The SMILES string of the molecule is CCCNC(CC1CC1)c1cccc(OC(F)(F)F)c1. The maximum absolute atomic E-state index is 12.3. The fourth-order valence-electron chi connectivity index (χ4n) is 2.27. The highest BCUT2D eigenvalue weighted by molar-refractivity contribution is 5.31. The fraction of sp³-hybridized carbons (Fsp3) is 0.600. The molecular weight excluding hydrogens is 267 g/mol. The Balaban J connectivity index is 2.08. The Hall–Kier alpha value is -1.23. The number of alkyl halides is 3. The first-order valence-corrected chi connectivity index (χ1v) is 7.07. The van der Waals surface area contributed by atoms with Gasteiger partial charge in [0.1, 0.15) is 5.75 Å². The largest absolute Gasteiger partial charge is 0.573 e. The second kappa shape index (κ2) is 6.48. The second-order valence-corrected chi connectivity index (χ2v) is 5.31. The lowest BCUT2D eigenvalue weighted by atomic mass is 10.0. The minimum atomic E-state index is -4.64. The molecule has 1 aliphatic rings. The van der Waals surface area contributed by atoms with E-state index in [2.05, 4.69) is 17.0 Å². The Labute approximate surface area is 117 Å². The number of hydrogen-bond acceptors (Lipinski definition) is 2. The van der Waals surface area contributed by atoms with Gasteiger partial charge >= 0.3 is 6.36 Å². The normalized spacial score (nSPS) is 17.0. The molecule has 1 aromatic carbocycles. The molecule has 2 rings (SSSR count). The predicted molar refractivity (Wildman–Crippen MR) is 71.5 cm³/mol. The van der Waals surface area contributed by atoms with Crippen molar-refractivity contribution in [2.24, 2.45) is 5.92 Å². The van der Waals surface area contributed by atoms with Crippen molar-refractivity contribution in [2.75, 3.05) is 6.54 Å². The van der Waals surface area contributed by atoms with Gasteiger partial charge in [0, 0.05) is 6.04 Å². The van der Waals surface area contributed by atoms with Gasteiger partial charge in [0.25, 0.3) is 0 Å². The summed E-state index contributed by atoms with van der Waals surface area (Å²) in [4.78, 5) is 0. The average Bonchev–Trinajstić information content (AvgIpc) is 3.16. The summed E-state index contributed by atoms with van der Waals surface area (Å²) in [5.74, 6) is 0.561. The molecule has 1 atom stereocenters. The topological polar surface area (TPSA) is 21.3 Å². The lowest BCUT2D eigenvalue weighted by Gasteiger charge is -2.20. The molecule has 0 radical (unpaired) electrons. The maximum atomic E-state index is 12.3. The zero-order valence-electron chi connectivity index (χ0n) is 11.5. The average molecular weight is 287 g/mol. The van der Waals surface area contributed by atoms with E-state index in [9.17, 15) is 13.2 Å². The third-order valence-corrected chi connectivity index (χ3v) is 3.40. The lowest BCUT2D eigenvalue weighted by molar-refractivity contribution is -0.274. The molecule has 5 heteroatoms. The smallest absolute Gasteiger partial charge is 0.406 e. The summed E-state index contributed by atoms with van der Waals surface area (Å²) in [6.07, 6.45) is -0.205. The molecular formula is C15H20F3NO. The Morgan fingerprint density at radius 2 is 2.10 bits per heavy atom. The van der Waals surface area contributed by atoms with Gasteiger partial charge in [-0.25, -0.2) is 0 Å². The fourth-order valence-corrected chi connectivity index (χ4v) is 2.27. The second-order valence-electron chi connectivity index (χ2n) is 5.31. The monoisotopic (exact) mass is 287 g/mol. The number of rotatable bonds is 7. The molecule has 0 aliphatic heterocycles. The molecule has 1 unspecified atom stereocenters. The summed E-state index contributed by atoms with van der Waals surface area (Å²) >= 11 is 0. The maximum Gasteiger partial charge on any atom is 0.573 e. The van der Waals surface area contributed by atoms with Crippen molar-refractivity contribution < 1.29 is 17.9 Å². The van der Waals surface area contributed by atoms with Crippen LogP contribution in [0.3, 0.4) is 0 Å². The summed E-state index contributed by atoms with van der Waals surface area (Å²) < 4.78 is 40.8. The van der Waals surface area contributed by atoms with Gasteiger partial charge in [-0.2, -0.15) is 0 Å². The van der Waals surface area contributed by atoms with Gasteiger partial charge in [-0.3, -0.25) is 0 Å². The molecule has 0 heterocycles. The van der Waals surface area contributed by atoms with E-state index in [1.807, 2.05) is 6.07 Å². The van der Waals surface area contributed by atoms with Crippen LogP contribution < -0.4 is 10.1 Å². The molecule has 1 aliphatic carbocycles. The zero-order valence-corrected chi connectivity index (χ0v) is 11.5.